The molecule has 2 N–H and O–H groups in total. The quantitative estimate of drug-likeness (QED) is 0.814. The van der Waals surface area contributed by atoms with E-state index in [9.17, 15) is 9.59 Å². The molecule has 1 heterocycles. The van der Waals surface area contributed by atoms with Crippen molar-refractivity contribution in [3.05, 3.63) is 18.2 Å². The topological polar surface area (TPSA) is 70.7 Å². The summed E-state index contributed by atoms with van der Waals surface area (Å²) in [5.74, 6) is 0.786. The molecule has 6 nitrogen and oxygen atoms in total. The first-order valence-electron chi connectivity index (χ1n) is 9.39. The Morgan fingerprint density at radius 2 is 2.00 bits per heavy atom. The number of carbonyl (C=O) groups is 2. The molecule has 0 aromatic heterocycles. The van der Waals surface area contributed by atoms with Gasteiger partial charge in [-0.1, -0.05) is 26.7 Å². The highest BCUT2D eigenvalue weighted by atomic mass is 16.5. The molecule has 1 unspecified atom stereocenters. The second kappa shape index (κ2) is 9.57. The SMILES string of the molecule is COc1cc(NC(=O)C2CCCCCN2C)ccc1NC(=O)CC(C)C. The molecule has 0 bridgehead atoms. The van der Waals surface area contributed by atoms with Gasteiger partial charge in [-0.05, 0) is 44.5 Å². The molecule has 6 heteroatoms. The Hall–Kier alpha value is -2.08. The Kier molecular flexibility index (Phi) is 7.45. The van der Waals surface area contributed by atoms with Crippen LogP contribution in [0.25, 0.3) is 0 Å². The third-order valence-corrected chi connectivity index (χ3v) is 4.66. The number of nitrogens with one attached hydrogen (secondary N) is 2. The first kappa shape index (κ1) is 20.2. The second-order valence-electron chi connectivity index (χ2n) is 7.40. The average molecular weight is 361 g/mol. The van der Waals surface area contributed by atoms with Crippen LogP contribution in [0.4, 0.5) is 11.4 Å². The molecule has 1 fully saturated rings. The van der Waals surface area contributed by atoms with E-state index in [1.165, 1.54) is 6.42 Å². The molecule has 1 aromatic carbocycles. The standard InChI is InChI=1S/C20H31N3O3/c1-14(2)12-19(24)22-16-10-9-15(13-18(16)26-4)21-20(25)17-8-6-5-7-11-23(17)3/h9-10,13-14,17H,5-8,11-12H2,1-4H3,(H,21,25)(H,22,24). The molecule has 2 amide bonds. The Morgan fingerprint density at radius 1 is 1.23 bits per heavy atom. The second-order valence-corrected chi connectivity index (χ2v) is 7.40. The molecular weight excluding hydrogens is 330 g/mol. The molecule has 2 rings (SSSR count). The minimum atomic E-state index is -0.103. The maximum absolute atomic E-state index is 12.7. The van der Waals surface area contributed by atoms with Crippen molar-refractivity contribution in [2.75, 3.05) is 31.3 Å². The van der Waals surface area contributed by atoms with Crippen LogP contribution in [0.2, 0.25) is 0 Å². The van der Waals surface area contributed by atoms with Crippen molar-refractivity contribution in [3.63, 3.8) is 0 Å². The molecule has 1 aromatic rings. The van der Waals surface area contributed by atoms with Gasteiger partial charge in [0.1, 0.15) is 5.75 Å². The molecule has 144 valence electrons. The van der Waals surface area contributed by atoms with E-state index in [0.717, 1.165) is 25.8 Å². The van der Waals surface area contributed by atoms with Gasteiger partial charge in [-0.15, -0.1) is 0 Å². The lowest BCUT2D eigenvalue weighted by Crippen LogP contribution is -2.41. The van der Waals surface area contributed by atoms with Crippen LogP contribution < -0.4 is 15.4 Å². The predicted molar refractivity (Wildman–Crippen MR) is 105 cm³/mol. The van der Waals surface area contributed by atoms with Gasteiger partial charge in [0, 0.05) is 18.2 Å². The summed E-state index contributed by atoms with van der Waals surface area (Å²) in [6, 6.07) is 5.21. The molecule has 0 saturated carbocycles. The fourth-order valence-corrected chi connectivity index (χ4v) is 3.25. The van der Waals surface area contributed by atoms with Gasteiger partial charge < -0.3 is 15.4 Å². The number of nitrogens with zero attached hydrogens (tertiary/aromatic N) is 1. The summed E-state index contributed by atoms with van der Waals surface area (Å²) in [5.41, 5.74) is 1.29. The van der Waals surface area contributed by atoms with E-state index >= 15 is 0 Å². The van der Waals surface area contributed by atoms with E-state index in [-0.39, 0.29) is 23.8 Å². The Bertz CT molecular complexity index is 631. The fraction of sp³-hybridized carbons (Fsp3) is 0.600. The van der Waals surface area contributed by atoms with E-state index in [4.69, 9.17) is 4.74 Å². The van der Waals surface area contributed by atoms with Gasteiger partial charge in [-0.25, -0.2) is 0 Å². The van der Waals surface area contributed by atoms with E-state index in [1.807, 2.05) is 20.9 Å². The van der Waals surface area contributed by atoms with Crippen molar-refractivity contribution >= 4 is 23.2 Å². The molecule has 1 saturated heterocycles. The smallest absolute Gasteiger partial charge is 0.241 e. The van der Waals surface area contributed by atoms with Gasteiger partial charge in [-0.2, -0.15) is 0 Å². The summed E-state index contributed by atoms with van der Waals surface area (Å²) in [6.07, 6.45) is 4.72. The van der Waals surface area contributed by atoms with Gasteiger partial charge >= 0.3 is 0 Å². The van der Waals surface area contributed by atoms with Crippen molar-refractivity contribution in [2.45, 2.75) is 52.0 Å². The van der Waals surface area contributed by atoms with Gasteiger partial charge in [0.15, 0.2) is 0 Å². The van der Waals surface area contributed by atoms with E-state index in [2.05, 4.69) is 15.5 Å². The summed E-state index contributed by atoms with van der Waals surface area (Å²) in [7, 11) is 3.56. The minimum Gasteiger partial charge on any atom is -0.494 e. The highest BCUT2D eigenvalue weighted by Gasteiger charge is 2.24. The summed E-state index contributed by atoms with van der Waals surface area (Å²) in [4.78, 5) is 26.8. The lowest BCUT2D eigenvalue weighted by atomic mass is 10.1. The third kappa shape index (κ3) is 5.73. The zero-order valence-corrected chi connectivity index (χ0v) is 16.3. The Morgan fingerprint density at radius 3 is 2.69 bits per heavy atom. The number of amides is 2. The summed E-state index contributed by atoms with van der Waals surface area (Å²) >= 11 is 0. The number of rotatable bonds is 6. The number of likely N-dealkylation sites (N-methyl/N-ethyl adjacent to an activating group) is 1. The first-order chi connectivity index (χ1) is 12.4. The number of anilines is 2. The van der Waals surface area contributed by atoms with Crippen LogP contribution in [0.15, 0.2) is 18.2 Å². The van der Waals surface area contributed by atoms with Crippen LogP contribution in [0.3, 0.4) is 0 Å². The number of ether oxygens (including phenoxy) is 1. The highest BCUT2D eigenvalue weighted by molar-refractivity contribution is 5.96. The summed E-state index contributed by atoms with van der Waals surface area (Å²) in [5, 5.41) is 5.85. The number of hydrogen-bond acceptors (Lipinski definition) is 4. The molecule has 1 aliphatic rings. The molecule has 1 atom stereocenters. The third-order valence-electron chi connectivity index (χ3n) is 4.66. The first-order valence-corrected chi connectivity index (χ1v) is 9.39. The maximum Gasteiger partial charge on any atom is 0.241 e. The zero-order valence-electron chi connectivity index (χ0n) is 16.3. The van der Waals surface area contributed by atoms with Crippen molar-refractivity contribution in [1.82, 2.24) is 4.90 Å². The van der Waals surface area contributed by atoms with E-state index in [1.54, 1.807) is 25.3 Å². The van der Waals surface area contributed by atoms with Gasteiger partial charge in [0.2, 0.25) is 11.8 Å². The van der Waals surface area contributed by atoms with Crippen molar-refractivity contribution in [3.8, 4) is 5.75 Å². The fourth-order valence-electron chi connectivity index (χ4n) is 3.25. The van der Waals surface area contributed by atoms with Crippen LogP contribution in [-0.4, -0.2) is 43.5 Å². The minimum absolute atomic E-state index is 0.00745. The molecule has 1 aliphatic heterocycles. The highest BCUT2D eigenvalue weighted by Crippen LogP contribution is 2.29. The van der Waals surface area contributed by atoms with Crippen LogP contribution in [-0.2, 0) is 9.59 Å². The van der Waals surface area contributed by atoms with Gasteiger partial charge in [0.25, 0.3) is 0 Å². The monoisotopic (exact) mass is 361 g/mol. The molecule has 0 radical (unpaired) electrons. The molecular formula is C20H31N3O3. The van der Waals surface area contributed by atoms with Gasteiger partial charge in [0.05, 0.1) is 18.8 Å². The number of methoxy groups -OCH3 is 1. The van der Waals surface area contributed by atoms with Crippen LogP contribution in [0.1, 0.15) is 46.0 Å². The predicted octanol–water partition coefficient (Wildman–Crippen LogP) is 3.49. The van der Waals surface area contributed by atoms with Crippen LogP contribution >= 0.6 is 0 Å². The average Bonchev–Trinajstić information content (AvgIpc) is 2.79. The molecule has 26 heavy (non-hydrogen) atoms. The maximum atomic E-state index is 12.7. The largest absolute Gasteiger partial charge is 0.494 e. The molecule has 0 aliphatic carbocycles. The normalized spacial score (nSPS) is 18.3. The van der Waals surface area contributed by atoms with Gasteiger partial charge in [-0.3, -0.25) is 14.5 Å². The van der Waals surface area contributed by atoms with E-state index < -0.39 is 0 Å². The van der Waals surface area contributed by atoms with Crippen molar-refractivity contribution in [1.29, 1.82) is 0 Å². The van der Waals surface area contributed by atoms with E-state index in [0.29, 0.717) is 23.5 Å². The summed E-state index contributed by atoms with van der Waals surface area (Å²) < 4.78 is 5.38. The number of benzene rings is 1. The van der Waals surface area contributed by atoms with Crippen molar-refractivity contribution < 1.29 is 14.3 Å². The number of likely N-dealkylation sites (tertiary alicyclic amines) is 1. The Labute approximate surface area is 156 Å². The van der Waals surface area contributed by atoms with Crippen LogP contribution in [0, 0.1) is 5.92 Å². The number of hydrogen-bond donors (Lipinski definition) is 2. The molecule has 0 spiro atoms. The summed E-state index contributed by atoms with van der Waals surface area (Å²) in [6.45, 7) is 4.95. The Balaban J connectivity index is 2.05. The zero-order chi connectivity index (χ0) is 19.1. The number of carbonyl (C=O) groups excluding carboxylic acids is 2. The van der Waals surface area contributed by atoms with Crippen LogP contribution in [0.5, 0.6) is 5.75 Å². The lowest BCUT2D eigenvalue weighted by molar-refractivity contribution is -0.121. The lowest BCUT2D eigenvalue weighted by Gasteiger charge is -2.24. The van der Waals surface area contributed by atoms with Crippen molar-refractivity contribution in [2.24, 2.45) is 5.92 Å².